The number of carbonyl (C=O) groups is 2. The minimum atomic E-state index is -0.373. The Morgan fingerprint density at radius 1 is 1.10 bits per heavy atom. The van der Waals surface area contributed by atoms with Gasteiger partial charge in [-0.25, -0.2) is 4.39 Å². The number of rotatable bonds is 9. The summed E-state index contributed by atoms with van der Waals surface area (Å²) >= 11 is 1.61. The number of thiophene rings is 1. The standard InChI is InChI=1S/C23H23FN2O3S/c1-3-12-25(23(28)21-5-4-13-29-21)16-22(27)26(15-20-11-6-17(2)30-20)14-18-7-9-19(24)10-8-18/h3-11,13H,1,12,14-16H2,2H3. The Hall–Kier alpha value is -3.19. The first-order valence-corrected chi connectivity index (χ1v) is 10.3. The molecule has 5 nitrogen and oxygen atoms in total. The highest BCUT2D eigenvalue weighted by Crippen LogP contribution is 2.19. The van der Waals surface area contributed by atoms with Gasteiger partial charge >= 0.3 is 0 Å². The van der Waals surface area contributed by atoms with Crippen molar-refractivity contribution in [3.63, 3.8) is 0 Å². The molecule has 0 N–H and O–H groups in total. The van der Waals surface area contributed by atoms with Crippen LogP contribution >= 0.6 is 11.3 Å². The largest absolute Gasteiger partial charge is 0.459 e. The van der Waals surface area contributed by atoms with Gasteiger partial charge in [-0.05, 0) is 48.9 Å². The van der Waals surface area contributed by atoms with Crippen LogP contribution in [0.1, 0.15) is 25.9 Å². The molecule has 30 heavy (non-hydrogen) atoms. The van der Waals surface area contributed by atoms with Crippen molar-refractivity contribution in [1.29, 1.82) is 0 Å². The van der Waals surface area contributed by atoms with Crippen LogP contribution in [0.3, 0.4) is 0 Å². The van der Waals surface area contributed by atoms with Crippen molar-refractivity contribution in [2.45, 2.75) is 20.0 Å². The zero-order chi connectivity index (χ0) is 21.5. The van der Waals surface area contributed by atoms with Crippen molar-refractivity contribution < 1.29 is 18.4 Å². The highest BCUT2D eigenvalue weighted by molar-refractivity contribution is 7.11. The Morgan fingerprint density at radius 2 is 1.87 bits per heavy atom. The monoisotopic (exact) mass is 426 g/mol. The van der Waals surface area contributed by atoms with E-state index in [0.29, 0.717) is 13.1 Å². The summed E-state index contributed by atoms with van der Waals surface area (Å²) in [5, 5.41) is 0. The van der Waals surface area contributed by atoms with Gasteiger partial charge in [-0.15, -0.1) is 17.9 Å². The molecule has 0 bridgehead atoms. The van der Waals surface area contributed by atoms with Crippen molar-refractivity contribution in [2.24, 2.45) is 0 Å². The second-order valence-corrected chi connectivity index (χ2v) is 8.21. The van der Waals surface area contributed by atoms with Crippen LogP contribution in [-0.2, 0) is 17.9 Å². The van der Waals surface area contributed by atoms with E-state index in [0.717, 1.165) is 15.3 Å². The summed E-state index contributed by atoms with van der Waals surface area (Å²) in [6.45, 7) is 6.51. The van der Waals surface area contributed by atoms with Crippen LogP contribution in [0.4, 0.5) is 4.39 Å². The average Bonchev–Trinajstić information content (AvgIpc) is 3.40. The summed E-state index contributed by atoms with van der Waals surface area (Å²) in [6, 6.07) is 13.2. The zero-order valence-corrected chi connectivity index (χ0v) is 17.5. The molecule has 1 aromatic carbocycles. The number of carbonyl (C=O) groups excluding carboxylic acids is 2. The minimum absolute atomic E-state index is 0.114. The lowest BCUT2D eigenvalue weighted by atomic mass is 10.2. The number of amides is 2. The fourth-order valence-corrected chi connectivity index (χ4v) is 3.90. The topological polar surface area (TPSA) is 53.8 Å². The lowest BCUT2D eigenvalue weighted by molar-refractivity contribution is -0.133. The minimum Gasteiger partial charge on any atom is -0.459 e. The van der Waals surface area contributed by atoms with Crippen LogP contribution in [0.25, 0.3) is 0 Å². The number of aryl methyl sites for hydroxylation is 1. The molecular weight excluding hydrogens is 403 g/mol. The predicted octanol–water partition coefficient (Wildman–Crippen LogP) is 4.65. The normalized spacial score (nSPS) is 10.6. The lowest BCUT2D eigenvalue weighted by Crippen LogP contribution is -2.42. The van der Waals surface area contributed by atoms with Crippen LogP contribution in [0, 0.1) is 12.7 Å². The third-order valence-corrected chi connectivity index (χ3v) is 5.46. The van der Waals surface area contributed by atoms with E-state index in [1.807, 2.05) is 19.1 Å². The molecule has 2 aromatic heterocycles. The average molecular weight is 427 g/mol. The molecule has 0 aliphatic rings. The van der Waals surface area contributed by atoms with E-state index in [9.17, 15) is 14.0 Å². The van der Waals surface area contributed by atoms with Gasteiger partial charge in [-0.3, -0.25) is 9.59 Å². The van der Waals surface area contributed by atoms with Crippen LogP contribution in [0.2, 0.25) is 0 Å². The molecule has 0 unspecified atom stereocenters. The number of nitrogens with zero attached hydrogens (tertiary/aromatic N) is 2. The number of benzene rings is 1. The van der Waals surface area contributed by atoms with Gasteiger partial charge in [-0.1, -0.05) is 18.2 Å². The maximum absolute atomic E-state index is 13.3. The van der Waals surface area contributed by atoms with Gasteiger partial charge in [0.25, 0.3) is 5.91 Å². The van der Waals surface area contributed by atoms with E-state index in [4.69, 9.17) is 4.42 Å². The second kappa shape index (κ2) is 10.0. The molecule has 0 spiro atoms. The fourth-order valence-electron chi connectivity index (χ4n) is 3.00. The van der Waals surface area contributed by atoms with Crippen molar-refractivity contribution >= 4 is 23.2 Å². The molecule has 0 saturated heterocycles. The van der Waals surface area contributed by atoms with Crippen molar-refractivity contribution in [3.8, 4) is 0 Å². The van der Waals surface area contributed by atoms with E-state index in [1.165, 1.54) is 23.3 Å². The van der Waals surface area contributed by atoms with Crippen LogP contribution in [0.15, 0.2) is 71.9 Å². The molecule has 0 radical (unpaired) electrons. The summed E-state index contributed by atoms with van der Waals surface area (Å²) in [5.74, 6) is -0.746. The molecule has 3 rings (SSSR count). The Labute approximate surface area is 179 Å². The molecule has 0 aliphatic carbocycles. The smallest absolute Gasteiger partial charge is 0.290 e. The molecule has 2 heterocycles. The van der Waals surface area contributed by atoms with E-state index in [1.54, 1.807) is 46.6 Å². The molecule has 0 fully saturated rings. The Morgan fingerprint density at radius 3 is 2.47 bits per heavy atom. The van der Waals surface area contributed by atoms with Crippen LogP contribution in [0.5, 0.6) is 0 Å². The van der Waals surface area contributed by atoms with E-state index >= 15 is 0 Å². The Bertz CT molecular complexity index is 996. The maximum atomic E-state index is 13.3. The fraction of sp³-hybridized carbons (Fsp3) is 0.217. The summed E-state index contributed by atoms with van der Waals surface area (Å²) in [5.41, 5.74) is 0.811. The Kier molecular flexibility index (Phi) is 7.19. The highest BCUT2D eigenvalue weighted by Gasteiger charge is 2.23. The third-order valence-electron chi connectivity index (χ3n) is 4.48. The van der Waals surface area contributed by atoms with Crippen LogP contribution in [-0.4, -0.2) is 34.7 Å². The SMILES string of the molecule is C=CCN(CC(=O)N(Cc1ccc(F)cc1)Cc1ccc(C)s1)C(=O)c1ccco1. The summed E-state index contributed by atoms with van der Waals surface area (Å²) < 4.78 is 18.5. The van der Waals surface area contributed by atoms with Gasteiger partial charge in [0.15, 0.2) is 5.76 Å². The number of furan rings is 1. The first kappa shape index (κ1) is 21.5. The molecule has 156 valence electrons. The number of hydrogen-bond donors (Lipinski definition) is 0. The van der Waals surface area contributed by atoms with E-state index < -0.39 is 0 Å². The van der Waals surface area contributed by atoms with E-state index in [2.05, 4.69) is 6.58 Å². The number of hydrogen-bond acceptors (Lipinski definition) is 4. The lowest BCUT2D eigenvalue weighted by Gasteiger charge is -2.26. The highest BCUT2D eigenvalue weighted by atomic mass is 32.1. The summed E-state index contributed by atoms with van der Waals surface area (Å²) in [7, 11) is 0. The molecule has 3 aromatic rings. The molecule has 0 aliphatic heterocycles. The van der Waals surface area contributed by atoms with Crippen molar-refractivity contribution in [2.75, 3.05) is 13.1 Å². The zero-order valence-electron chi connectivity index (χ0n) is 16.7. The van der Waals surface area contributed by atoms with E-state index in [-0.39, 0.29) is 36.5 Å². The van der Waals surface area contributed by atoms with Gasteiger partial charge in [0.2, 0.25) is 5.91 Å². The number of halogens is 1. The quantitative estimate of drug-likeness (QED) is 0.468. The van der Waals surface area contributed by atoms with Crippen molar-refractivity contribution in [1.82, 2.24) is 9.80 Å². The first-order chi connectivity index (χ1) is 14.5. The predicted molar refractivity (Wildman–Crippen MR) is 115 cm³/mol. The first-order valence-electron chi connectivity index (χ1n) is 9.47. The van der Waals surface area contributed by atoms with Gasteiger partial charge in [0.05, 0.1) is 12.8 Å². The van der Waals surface area contributed by atoms with Gasteiger partial charge < -0.3 is 14.2 Å². The second-order valence-electron chi connectivity index (χ2n) is 6.84. The maximum Gasteiger partial charge on any atom is 0.290 e. The molecule has 2 amide bonds. The van der Waals surface area contributed by atoms with Crippen molar-refractivity contribution in [3.05, 3.63) is 94.3 Å². The summed E-state index contributed by atoms with van der Waals surface area (Å²) in [6.07, 6.45) is 2.99. The van der Waals surface area contributed by atoms with Crippen LogP contribution < -0.4 is 0 Å². The molecule has 0 saturated carbocycles. The summed E-state index contributed by atoms with van der Waals surface area (Å²) in [4.78, 5) is 31.1. The molecular formula is C23H23FN2O3S. The molecule has 7 heteroatoms. The van der Waals surface area contributed by atoms with Gasteiger partial charge in [-0.2, -0.15) is 0 Å². The van der Waals surface area contributed by atoms with Gasteiger partial charge in [0.1, 0.15) is 12.4 Å². The molecule has 0 atom stereocenters. The Balaban J connectivity index is 1.79. The van der Waals surface area contributed by atoms with Gasteiger partial charge in [0, 0.05) is 22.8 Å². The third kappa shape index (κ3) is 5.67.